The number of nitrogens with zero attached hydrogens (tertiary/aromatic N) is 3. The number of aliphatic hydroxyl groups is 1. The molecule has 2 rings (SSSR count). The topological polar surface area (TPSA) is 41.3 Å². The van der Waals surface area contributed by atoms with Crippen molar-refractivity contribution in [1.82, 2.24) is 14.7 Å². The highest BCUT2D eigenvalue weighted by molar-refractivity contribution is 5.12. The molecule has 2 atom stereocenters. The highest BCUT2D eigenvalue weighted by Gasteiger charge is 2.39. The molecule has 0 radical (unpaired) electrons. The van der Waals surface area contributed by atoms with Crippen molar-refractivity contribution >= 4 is 0 Å². The second-order valence-corrected chi connectivity index (χ2v) is 5.73. The number of piperidine rings is 1. The first-order valence-electron chi connectivity index (χ1n) is 7.58. The number of aromatic nitrogens is 2. The first-order valence-corrected chi connectivity index (χ1v) is 7.58. The largest absolute Gasteiger partial charge is 0.385 e. The maximum atomic E-state index is 10.9. The maximum Gasteiger partial charge on any atom is 0.114 e. The van der Waals surface area contributed by atoms with E-state index in [-0.39, 0.29) is 5.54 Å². The second kappa shape index (κ2) is 6.06. The molecule has 4 heteroatoms. The number of hydrogen-bond acceptors (Lipinski definition) is 3. The quantitative estimate of drug-likeness (QED) is 0.889. The lowest BCUT2D eigenvalue weighted by Gasteiger charge is -2.46. The summed E-state index contributed by atoms with van der Waals surface area (Å²) >= 11 is 0. The summed E-state index contributed by atoms with van der Waals surface area (Å²) < 4.78 is 1.91. The predicted octanol–water partition coefficient (Wildman–Crippen LogP) is 2.59. The van der Waals surface area contributed by atoms with Crippen molar-refractivity contribution in [3.8, 4) is 0 Å². The molecule has 1 N–H and O–H groups in total. The van der Waals surface area contributed by atoms with Crippen molar-refractivity contribution in [3.63, 3.8) is 0 Å². The van der Waals surface area contributed by atoms with E-state index in [1.807, 2.05) is 10.7 Å². The zero-order chi connectivity index (χ0) is 13.9. The highest BCUT2D eigenvalue weighted by atomic mass is 16.3. The van der Waals surface area contributed by atoms with Gasteiger partial charge < -0.3 is 5.11 Å². The zero-order valence-electron chi connectivity index (χ0n) is 12.5. The van der Waals surface area contributed by atoms with Gasteiger partial charge >= 0.3 is 0 Å². The molecule has 1 aromatic heterocycles. The SMILES string of the molecule is CCn1nccc1C(O)C(C)(CC)N1CCCCC1. The summed E-state index contributed by atoms with van der Waals surface area (Å²) in [6, 6.07) is 1.95. The Morgan fingerprint density at radius 2 is 2.00 bits per heavy atom. The van der Waals surface area contributed by atoms with Crippen molar-refractivity contribution in [3.05, 3.63) is 18.0 Å². The van der Waals surface area contributed by atoms with Gasteiger partial charge in [0.2, 0.25) is 0 Å². The fourth-order valence-corrected chi connectivity index (χ4v) is 3.15. The van der Waals surface area contributed by atoms with Gasteiger partial charge in [0.15, 0.2) is 0 Å². The third kappa shape index (κ3) is 2.70. The molecule has 0 aliphatic carbocycles. The van der Waals surface area contributed by atoms with Crippen LogP contribution in [-0.4, -0.2) is 38.4 Å². The number of aliphatic hydroxyl groups excluding tert-OH is 1. The van der Waals surface area contributed by atoms with Crippen LogP contribution in [0.15, 0.2) is 12.3 Å². The Bertz CT molecular complexity index is 398. The van der Waals surface area contributed by atoms with Crippen molar-refractivity contribution in [2.24, 2.45) is 0 Å². The Morgan fingerprint density at radius 1 is 1.32 bits per heavy atom. The summed E-state index contributed by atoms with van der Waals surface area (Å²) in [7, 11) is 0. The van der Waals surface area contributed by atoms with Crippen molar-refractivity contribution < 1.29 is 5.11 Å². The first kappa shape index (κ1) is 14.5. The Hall–Kier alpha value is -0.870. The standard InChI is InChI=1S/C15H27N3O/c1-4-15(3,17-11-7-6-8-12-17)14(19)13-9-10-16-18(13)5-2/h9-10,14,19H,4-8,11-12H2,1-3H3. The van der Waals surface area contributed by atoms with E-state index in [1.54, 1.807) is 6.20 Å². The highest BCUT2D eigenvalue weighted by Crippen LogP contribution is 2.35. The summed E-state index contributed by atoms with van der Waals surface area (Å²) in [5, 5.41) is 15.2. The van der Waals surface area contributed by atoms with Gasteiger partial charge in [-0.3, -0.25) is 9.58 Å². The molecule has 0 saturated carbocycles. The number of aryl methyl sites for hydroxylation is 1. The van der Waals surface area contributed by atoms with E-state index >= 15 is 0 Å². The van der Waals surface area contributed by atoms with Gasteiger partial charge in [-0.1, -0.05) is 13.3 Å². The molecule has 108 valence electrons. The summed E-state index contributed by atoms with van der Waals surface area (Å²) in [6.45, 7) is 9.43. The average Bonchev–Trinajstić information content (AvgIpc) is 2.94. The van der Waals surface area contributed by atoms with Gasteiger partial charge in [0.05, 0.1) is 5.69 Å². The van der Waals surface area contributed by atoms with Crippen LogP contribution in [0.4, 0.5) is 0 Å². The van der Waals surface area contributed by atoms with Crippen LogP contribution in [0, 0.1) is 0 Å². The van der Waals surface area contributed by atoms with Gasteiger partial charge in [-0.05, 0) is 52.3 Å². The monoisotopic (exact) mass is 265 g/mol. The minimum Gasteiger partial charge on any atom is -0.385 e. The molecule has 1 aliphatic heterocycles. The molecular formula is C15H27N3O. The predicted molar refractivity (Wildman–Crippen MR) is 77.0 cm³/mol. The van der Waals surface area contributed by atoms with Crippen molar-refractivity contribution in [2.75, 3.05) is 13.1 Å². The first-order chi connectivity index (χ1) is 9.13. The lowest BCUT2D eigenvalue weighted by atomic mass is 9.85. The molecule has 19 heavy (non-hydrogen) atoms. The van der Waals surface area contributed by atoms with Crippen LogP contribution in [-0.2, 0) is 6.54 Å². The van der Waals surface area contributed by atoms with E-state index < -0.39 is 6.10 Å². The van der Waals surface area contributed by atoms with Crippen molar-refractivity contribution in [1.29, 1.82) is 0 Å². The lowest BCUT2D eigenvalue weighted by Crippen LogP contribution is -2.52. The molecule has 0 aromatic carbocycles. The molecule has 1 fully saturated rings. The molecule has 1 saturated heterocycles. The molecular weight excluding hydrogens is 238 g/mol. The van der Waals surface area contributed by atoms with Crippen LogP contribution in [0.2, 0.25) is 0 Å². The fourth-order valence-electron chi connectivity index (χ4n) is 3.15. The van der Waals surface area contributed by atoms with Crippen LogP contribution in [0.3, 0.4) is 0 Å². The molecule has 0 amide bonds. The third-order valence-electron chi connectivity index (χ3n) is 4.71. The van der Waals surface area contributed by atoms with Crippen LogP contribution >= 0.6 is 0 Å². The molecule has 1 aromatic rings. The third-order valence-corrected chi connectivity index (χ3v) is 4.71. The van der Waals surface area contributed by atoms with Crippen molar-refractivity contribution in [2.45, 2.75) is 64.6 Å². The fraction of sp³-hybridized carbons (Fsp3) is 0.800. The summed E-state index contributed by atoms with van der Waals surface area (Å²) in [5.74, 6) is 0. The molecule has 2 heterocycles. The van der Waals surface area contributed by atoms with Gasteiger partial charge in [-0.15, -0.1) is 0 Å². The summed E-state index contributed by atoms with van der Waals surface area (Å²) in [6.07, 6.45) is 6.07. The van der Waals surface area contributed by atoms with Gasteiger partial charge in [-0.25, -0.2) is 0 Å². The molecule has 1 aliphatic rings. The normalized spacial score (nSPS) is 22.1. The van der Waals surface area contributed by atoms with E-state index in [4.69, 9.17) is 0 Å². The smallest absolute Gasteiger partial charge is 0.114 e. The lowest BCUT2D eigenvalue weighted by molar-refractivity contribution is -0.0391. The molecule has 2 unspecified atom stereocenters. The van der Waals surface area contributed by atoms with E-state index in [0.29, 0.717) is 0 Å². The van der Waals surface area contributed by atoms with E-state index in [1.165, 1.54) is 19.3 Å². The maximum absolute atomic E-state index is 10.9. The Balaban J connectivity index is 2.24. The Morgan fingerprint density at radius 3 is 2.58 bits per heavy atom. The Labute approximate surface area is 116 Å². The van der Waals surface area contributed by atoms with E-state index in [2.05, 4.69) is 30.8 Å². The molecule has 0 spiro atoms. The van der Waals surface area contributed by atoms with Gasteiger partial charge in [0.25, 0.3) is 0 Å². The average molecular weight is 265 g/mol. The van der Waals surface area contributed by atoms with E-state index in [9.17, 15) is 5.11 Å². The van der Waals surface area contributed by atoms with Gasteiger partial charge in [-0.2, -0.15) is 5.10 Å². The number of likely N-dealkylation sites (tertiary alicyclic amines) is 1. The minimum absolute atomic E-state index is 0.187. The van der Waals surface area contributed by atoms with Crippen LogP contribution < -0.4 is 0 Å². The minimum atomic E-state index is -0.474. The second-order valence-electron chi connectivity index (χ2n) is 5.73. The Kier molecular flexibility index (Phi) is 4.63. The zero-order valence-corrected chi connectivity index (χ0v) is 12.5. The molecule has 0 bridgehead atoms. The van der Waals surface area contributed by atoms with Crippen LogP contribution in [0.5, 0.6) is 0 Å². The summed E-state index contributed by atoms with van der Waals surface area (Å²) in [4.78, 5) is 2.47. The number of hydrogen-bond donors (Lipinski definition) is 1. The van der Waals surface area contributed by atoms with E-state index in [0.717, 1.165) is 31.7 Å². The van der Waals surface area contributed by atoms with Gasteiger partial charge in [0, 0.05) is 18.3 Å². The van der Waals surface area contributed by atoms with Crippen LogP contribution in [0.25, 0.3) is 0 Å². The molecule has 4 nitrogen and oxygen atoms in total. The number of rotatable bonds is 5. The van der Waals surface area contributed by atoms with Crippen LogP contribution in [0.1, 0.15) is 58.3 Å². The van der Waals surface area contributed by atoms with Gasteiger partial charge in [0.1, 0.15) is 6.10 Å². The summed E-state index contributed by atoms with van der Waals surface area (Å²) in [5.41, 5.74) is 0.755.